The second-order valence-corrected chi connectivity index (χ2v) is 13.7. The van der Waals surface area contributed by atoms with Crippen LogP contribution in [-0.4, -0.2) is 134 Å². The van der Waals surface area contributed by atoms with Crippen molar-refractivity contribution in [1.82, 2.24) is 0 Å². The first-order chi connectivity index (χ1) is 24.1. The van der Waals surface area contributed by atoms with Gasteiger partial charge in [0, 0.05) is 17.5 Å². The Morgan fingerprint density at radius 1 is 0.843 bits per heavy atom. The average Bonchev–Trinajstić information content (AvgIpc) is 3.09. The zero-order valence-electron chi connectivity index (χ0n) is 29.3. The van der Waals surface area contributed by atoms with E-state index >= 15 is 0 Å². The van der Waals surface area contributed by atoms with Gasteiger partial charge in [-0.25, -0.2) is 4.79 Å². The third-order valence-corrected chi connectivity index (χ3v) is 9.28. The lowest BCUT2D eigenvalue weighted by Gasteiger charge is -2.45. The molecule has 0 bridgehead atoms. The number of hydrogen-bond acceptors (Lipinski definition) is 15. The normalized spacial score (nSPS) is 31.5. The number of ether oxygens (including phenoxy) is 5. The minimum Gasteiger partial charge on any atom is -0.489 e. The molecule has 2 aliphatic heterocycles. The van der Waals surface area contributed by atoms with Gasteiger partial charge in [-0.2, -0.15) is 0 Å². The van der Waals surface area contributed by atoms with Crippen molar-refractivity contribution in [2.45, 2.75) is 126 Å². The molecule has 4 rings (SSSR count). The van der Waals surface area contributed by atoms with E-state index in [0.717, 1.165) is 29.4 Å². The van der Waals surface area contributed by atoms with E-state index in [9.17, 15) is 45.6 Å². The Hall–Kier alpha value is -2.77. The Morgan fingerprint density at radius 2 is 1.47 bits per heavy atom. The Bertz CT molecular complexity index is 1520. The van der Waals surface area contributed by atoms with Gasteiger partial charge in [-0.05, 0) is 77.7 Å². The molecule has 0 aliphatic carbocycles. The number of allylic oxidation sites excluding steroid dienone is 3. The molecule has 51 heavy (non-hydrogen) atoms. The predicted molar refractivity (Wildman–Crippen MR) is 182 cm³/mol. The SMILES string of the molecule is C/C(=C\COc1ccc2ccc(=O)oc2c1)CC/C=C(\C)CC[C@H](O)C(C)(C)O[C@@H]1O[C@H](CO[C@H]2O[C@@H](CO)[C@H](O)[C@@H](O)[C@@H]2O)[C@@H](O)[C@H](O)[C@H]1O. The van der Waals surface area contributed by atoms with E-state index in [2.05, 4.69) is 6.08 Å². The van der Waals surface area contributed by atoms with Gasteiger partial charge in [0.1, 0.15) is 66.8 Å². The summed E-state index contributed by atoms with van der Waals surface area (Å²) < 4.78 is 33.4. The van der Waals surface area contributed by atoms with E-state index in [0.29, 0.717) is 30.8 Å². The number of rotatable bonds is 16. The summed E-state index contributed by atoms with van der Waals surface area (Å²) in [7, 11) is 0. The first-order valence-electron chi connectivity index (χ1n) is 17.1. The molecule has 3 heterocycles. The molecule has 2 saturated heterocycles. The summed E-state index contributed by atoms with van der Waals surface area (Å²) in [6.07, 6.45) is -9.91. The van der Waals surface area contributed by atoms with Crippen molar-refractivity contribution in [3.63, 3.8) is 0 Å². The molecule has 15 nitrogen and oxygen atoms in total. The quantitative estimate of drug-likeness (QED) is 0.0864. The predicted octanol–water partition coefficient (Wildman–Crippen LogP) is 0.405. The van der Waals surface area contributed by atoms with Gasteiger partial charge in [-0.1, -0.05) is 17.2 Å². The van der Waals surface area contributed by atoms with Crippen molar-refractivity contribution in [1.29, 1.82) is 0 Å². The smallest absolute Gasteiger partial charge is 0.336 e. The molecule has 2 aliphatic rings. The second kappa shape index (κ2) is 18.3. The van der Waals surface area contributed by atoms with Gasteiger partial charge >= 0.3 is 5.63 Å². The van der Waals surface area contributed by atoms with Crippen LogP contribution in [0.4, 0.5) is 0 Å². The molecule has 0 amide bonds. The van der Waals surface area contributed by atoms with Crippen molar-refractivity contribution in [2.24, 2.45) is 0 Å². The molecule has 15 heteroatoms. The zero-order chi connectivity index (χ0) is 37.5. The first-order valence-corrected chi connectivity index (χ1v) is 17.1. The van der Waals surface area contributed by atoms with Crippen molar-refractivity contribution in [2.75, 3.05) is 19.8 Å². The van der Waals surface area contributed by atoms with Crippen LogP contribution in [0.1, 0.15) is 53.4 Å². The third-order valence-electron chi connectivity index (χ3n) is 9.28. The van der Waals surface area contributed by atoms with Gasteiger partial charge in [-0.15, -0.1) is 0 Å². The Balaban J connectivity index is 1.22. The molecule has 1 aromatic carbocycles. The highest BCUT2D eigenvalue weighted by Gasteiger charge is 2.49. The van der Waals surface area contributed by atoms with Crippen molar-refractivity contribution in [3.8, 4) is 5.75 Å². The third kappa shape index (κ3) is 10.9. The second-order valence-electron chi connectivity index (χ2n) is 13.7. The summed E-state index contributed by atoms with van der Waals surface area (Å²) in [6.45, 7) is 6.40. The van der Waals surface area contributed by atoms with Crippen LogP contribution in [0.25, 0.3) is 11.0 Å². The minimum absolute atomic E-state index is 0.321. The van der Waals surface area contributed by atoms with Crippen molar-refractivity contribution < 1.29 is 69.0 Å². The molecule has 0 saturated carbocycles. The van der Waals surface area contributed by atoms with Crippen molar-refractivity contribution >= 4 is 11.0 Å². The largest absolute Gasteiger partial charge is 0.489 e. The van der Waals surface area contributed by atoms with Gasteiger partial charge in [0.25, 0.3) is 0 Å². The lowest BCUT2D eigenvalue weighted by Crippen LogP contribution is -2.62. The number of fused-ring (bicyclic) bond motifs is 1. The van der Waals surface area contributed by atoms with E-state index in [1.165, 1.54) is 6.07 Å². The van der Waals surface area contributed by atoms with Crippen LogP contribution in [0.2, 0.25) is 0 Å². The summed E-state index contributed by atoms with van der Waals surface area (Å²) >= 11 is 0. The van der Waals surface area contributed by atoms with Crippen LogP contribution in [0.15, 0.2) is 62.8 Å². The van der Waals surface area contributed by atoms with E-state index in [1.807, 2.05) is 32.1 Å². The Morgan fingerprint density at radius 3 is 2.18 bits per heavy atom. The number of aliphatic hydroxyl groups excluding tert-OH is 8. The molecular formula is C36H52O15. The molecule has 11 atom stereocenters. The van der Waals surface area contributed by atoms with Crippen LogP contribution in [0, 0.1) is 0 Å². The lowest BCUT2D eigenvalue weighted by molar-refractivity contribution is -0.347. The standard InChI is InChI=1S/C36H52O15/c1-19(6-5-7-20(2)14-15-46-22-11-9-21-10-13-27(39)48-23(21)16-22)8-12-26(38)36(3,4)51-35-33(45)31(43)29(41)25(50-35)18-47-34-32(44)30(42)28(40)24(17-37)49-34/h6,9-11,13-14,16,24-26,28-35,37-38,40-45H,5,7-8,12,15,17-18H2,1-4H3/b19-6+,20-14+/t24-,25+,26-,28-,29+,30+,31-,32-,33+,34-,35-/m0/s1. The summed E-state index contributed by atoms with van der Waals surface area (Å²) in [5.41, 5.74) is 0.984. The molecule has 0 unspecified atom stereocenters. The minimum atomic E-state index is -1.71. The van der Waals surface area contributed by atoms with E-state index in [-0.39, 0.29) is 0 Å². The summed E-state index contributed by atoms with van der Waals surface area (Å²) in [4.78, 5) is 11.5. The van der Waals surface area contributed by atoms with Crippen LogP contribution in [0.5, 0.6) is 5.75 Å². The molecule has 0 radical (unpaired) electrons. The van der Waals surface area contributed by atoms with Gasteiger partial charge < -0.3 is 69.0 Å². The van der Waals surface area contributed by atoms with Crippen LogP contribution >= 0.6 is 0 Å². The molecular weight excluding hydrogens is 672 g/mol. The van der Waals surface area contributed by atoms with Crippen LogP contribution in [-0.2, 0) is 18.9 Å². The maximum absolute atomic E-state index is 11.5. The lowest BCUT2D eigenvalue weighted by atomic mass is 9.94. The maximum Gasteiger partial charge on any atom is 0.336 e. The fraction of sp³-hybridized carbons (Fsp3) is 0.639. The monoisotopic (exact) mass is 724 g/mol. The van der Waals surface area contributed by atoms with E-state index in [1.54, 1.807) is 26.0 Å². The average molecular weight is 725 g/mol. The molecule has 0 spiro atoms. The first kappa shape index (κ1) is 41.0. The maximum atomic E-state index is 11.5. The van der Waals surface area contributed by atoms with Crippen LogP contribution in [0.3, 0.4) is 0 Å². The Labute approximate surface area is 295 Å². The highest BCUT2D eigenvalue weighted by atomic mass is 16.7. The topological polar surface area (TPSA) is 238 Å². The molecule has 286 valence electrons. The fourth-order valence-corrected chi connectivity index (χ4v) is 5.80. The van der Waals surface area contributed by atoms with Gasteiger partial charge in [-0.3, -0.25) is 0 Å². The zero-order valence-corrected chi connectivity index (χ0v) is 29.3. The number of benzene rings is 1. The molecule has 8 N–H and O–H groups in total. The summed E-state index contributed by atoms with van der Waals surface area (Å²) in [5, 5.41) is 83.1. The highest BCUT2D eigenvalue weighted by molar-refractivity contribution is 5.77. The van der Waals surface area contributed by atoms with Crippen LogP contribution < -0.4 is 10.4 Å². The molecule has 1 aromatic heterocycles. The van der Waals surface area contributed by atoms with E-state index in [4.69, 9.17) is 28.1 Å². The summed E-state index contributed by atoms with van der Waals surface area (Å²) in [6, 6.07) is 8.41. The van der Waals surface area contributed by atoms with E-state index < -0.39 is 92.0 Å². The van der Waals surface area contributed by atoms with Gasteiger partial charge in [0.15, 0.2) is 12.6 Å². The highest BCUT2D eigenvalue weighted by Crippen LogP contribution is 2.30. The van der Waals surface area contributed by atoms with Gasteiger partial charge in [0.05, 0.1) is 24.9 Å². The van der Waals surface area contributed by atoms with Crippen molar-refractivity contribution in [3.05, 3.63) is 64.1 Å². The molecule has 2 aromatic rings. The van der Waals surface area contributed by atoms with Gasteiger partial charge in [0.2, 0.25) is 0 Å². The summed E-state index contributed by atoms with van der Waals surface area (Å²) in [5.74, 6) is 0.598. The fourth-order valence-electron chi connectivity index (χ4n) is 5.80. The Kier molecular flexibility index (Phi) is 14.7. The molecule has 2 fully saturated rings. The number of aliphatic hydroxyl groups is 8. The number of hydrogen-bond donors (Lipinski definition) is 8.